The van der Waals surface area contributed by atoms with E-state index in [0.717, 1.165) is 13.1 Å². The summed E-state index contributed by atoms with van der Waals surface area (Å²) < 4.78 is 12.5. The molecule has 0 radical (unpaired) electrons. The average molecular weight is 222 g/mol. The number of hydrogen-bond donors (Lipinski definition) is 2. The largest absolute Gasteiger partial charge is 0.370 e. The first-order valence-corrected chi connectivity index (χ1v) is 5.91. The van der Waals surface area contributed by atoms with Crippen molar-refractivity contribution >= 4 is 8.53 Å². The van der Waals surface area contributed by atoms with Gasteiger partial charge in [0.25, 0.3) is 8.53 Å². The molecule has 1 fully saturated rings. The maximum absolute atomic E-state index is 9.42. The lowest BCUT2D eigenvalue weighted by Gasteiger charge is -2.29. The van der Waals surface area contributed by atoms with Crippen LogP contribution in [0.25, 0.3) is 0 Å². The second-order valence-electron chi connectivity index (χ2n) is 3.62. The van der Waals surface area contributed by atoms with E-state index in [-0.39, 0.29) is 12.2 Å². The molecule has 1 aliphatic heterocycles. The van der Waals surface area contributed by atoms with E-state index in [2.05, 4.69) is 5.32 Å². The summed E-state index contributed by atoms with van der Waals surface area (Å²) in [5.41, 5.74) is 0. The third-order valence-electron chi connectivity index (χ3n) is 1.95. The van der Waals surface area contributed by atoms with Gasteiger partial charge in [0, 0.05) is 13.1 Å². The van der Waals surface area contributed by atoms with Crippen LogP contribution in [0.2, 0.25) is 0 Å². The van der Waals surface area contributed by atoms with Crippen molar-refractivity contribution < 1.29 is 14.2 Å². The molecule has 0 spiro atoms. The van der Waals surface area contributed by atoms with Crippen molar-refractivity contribution in [1.29, 1.82) is 0 Å². The monoisotopic (exact) mass is 222 g/mol. The molecule has 0 bridgehead atoms. The van der Waals surface area contributed by atoms with E-state index in [1.54, 1.807) is 18.8 Å². The maximum Gasteiger partial charge on any atom is 0.255 e. The molecule has 0 aliphatic carbocycles. The van der Waals surface area contributed by atoms with Crippen LogP contribution in [0, 0.1) is 0 Å². The summed E-state index contributed by atoms with van der Waals surface area (Å²) in [6, 6.07) is 0. The minimum atomic E-state index is -1.45. The molecule has 1 saturated heterocycles. The van der Waals surface area contributed by atoms with Crippen molar-refractivity contribution in [2.75, 3.05) is 33.8 Å². The third kappa shape index (κ3) is 4.17. The molecule has 1 aliphatic rings. The molecule has 0 aromatic rings. The van der Waals surface area contributed by atoms with Crippen LogP contribution in [0.1, 0.15) is 6.92 Å². The lowest BCUT2D eigenvalue weighted by atomic mass is 10.3. The Balaban J connectivity index is 2.17. The Labute approximate surface area is 86.3 Å². The molecule has 5 nitrogen and oxygen atoms in total. The van der Waals surface area contributed by atoms with Gasteiger partial charge in [0.05, 0.1) is 18.8 Å². The zero-order valence-electron chi connectivity index (χ0n) is 8.93. The molecule has 2 N–H and O–H groups in total. The van der Waals surface area contributed by atoms with Gasteiger partial charge in [0.15, 0.2) is 0 Å². The van der Waals surface area contributed by atoms with Crippen LogP contribution in [0.3, 0.4) is 0 Å². The fraction of sp³-hybridized carbons (Fsp3) is 1.00. The highest BCUT2D eigenvalue weighted by Crippen LogP contribution is 2.33. The Morgan fingerprint density at radius 3 is 2.86 bits per heavy atom. The number of nitrogens with zero attached hydrogens (tertiary/aromatic N) is 1. The molecule has 1 unspecified atom stereocenters. The Hall–Kier alpha value is 0.230. The van der Waals surface area contributed by atoms with Gasteiger partial charge >= 0.3 is 0 Å². The molecule has 0 amide bonds. The third-order valence-corrected chi connectivity index (χ3v) is 3.01. The lowest BCUT2D eigenvalue weighted by molar-refractivity contribution is -0.0477. The number of morpholine rings is 1. The van der Waals surface area contributed by atoms with Gasteiger partial charge in [-0.25, -0.2) is 4.67 Å². The lowest BCUT2D eigenvalue weighted by Crippen LogP contribution is -2.45. The molecule has 14 heavy (non-hydrogen) atoms. The molecule has 84 valence electrons. The zero-order chi connectivity index (χ0) is 10.6. The van der Waals surface area contributed by atoms with Gasteiger partial charge < -0.3 is 19.5 Å². The molecule has 1 heterocycles. The first kappa shape index (κ1) is 12.3. The molecule has 1 rings (SSSR count). The van der Waals surface area contributed by atoms with E-state index in [1.807, 2.05) is 6.92 Å². The highest BCUT2D eigenvalue weighted by atomic mass is 31.2. The van der Waals surface area contributed by atoms with E-state index < -0.39 is 8.53 Å². The van der Waals surface area contributed by atoms with Gasteiger partial charge in [-0.3, -0.25) is 0 Å². The quantitative estimate of drug-likeness (QED) is 0.664. The van der Waals surface area contributed by atoms with E-state index in [4.69, 9.17) is 9.26 Å². The zero-order valence-corrected chi connectivity index (χ0v) is 9.83. The van der Waals surface area contributed by atoms with Crippen LogP contribution in [-0.2, 0) is 9.26 Å². The van der Waals surface area contributed by atoms with Crippen LogP contribution in [0.15, 0.2) is 0 Å². The van der Waals surface area contributed by atoms with Crippen molar-refractivity contribution in [3.8, 4) is 0 Å². The summed E-state index contributed by atoms with van der Waals surface area (Å²) in [6.45, 7) is 4.14. The van der Waals surface area contributed by atoms with Crippen molar-refractivity contribution in [1.82, 2.24) is 9.99 Å². The summed E-state index contributed by atoms with van der Waals surface area (Å²) in [4.78, 5) is 9.42. The predicted octanol–water partition coefficient (Wildman–Crippen LogP) is 0.161. The van der Waals surface area contributed by atoms with E-state index >= 15 is 0 Å². The van der Waals surface area contributed by atoms with E-state index in [9.17, 15) is 4.89 Å². The SMILES string of the molecule is C[C@H]1CNC[C@@H](COP(O)N(C)C)O1. The van der Waals surface area contributed by atoms with Crippen molar-refractivity contribution in [2.45, 2.75) is 19.1 Å². The number of nitrogens with one attached hydrogen (secondary N) is 1. The summed E-state index contributed by atoms with van der Waals surface area (Å²) in [6.07, 6.45) is 0.275. The Kier molecular flexibility index (Phi) is 5.23. The highest BCUT2D eigenvalue weighted by molar-refractivity contribution is 7.43. The molecule has 0 aromatic carbocycles. The van der Waals surface area contributed by atoms with Gasteiger partial charge in [-0.15, -0.1) is 0 Å². The topological polar surface area (TPSA) is 54.0 Å². The molecule has 6 heteroatoms. The van der Waals surface area contributed by atoms with Crippen LogP contribution in [0.5, 0.6) is 0 Å². The predicted molar refractivity (Wildman–Crippen MR) is 56.0 cm³/mol. The number of hydrogen-bond acceptors (Lipinski definition) is 5. The first-order chi connectivity index (χ1) is 6.59. The summed E-state index contributed by atoms with van der Waals surface area (Å²) >= 11 is 0. The first-order valence-electron chi connectivity index (χ1n) is 4.75. The van der Waals surface area contributed by atoms with Gasteiger partial charge in [-0.05, 0) is 21.0 Å². The number of rotatable bonds is 4. The van der Waals surface area contributed by atoms with Crippen LogP contribution < -0.4 is 5.32 Å². The Bertz CT molecular complexity index is 171. The maximum atomic E-state index is 9.42. The summed E-state index contributed by atoms with van der Waals surface area (Å²) in [5.74, 6) is 0. The van der Waals surface area contributed by atoms with Gasteiger partial charge in [0.2, 0.25) is 0 Å². The van der Waals surface area contributed by atoms with Crippen molar-refractivity contribution in [2.24, 2.45) is 0 Å². The van der Waals surface area contributed by atoms with E-state index in [1.165, 1.54) is 0 Å². The van der Waals surface area contributed by atoms with Crippen LogP contribution >= 0.6 is 8.53 Å². The molecular weight excluding hydrogens is 203 g/mol. The fourth-order valence-corrected chi connectivity index (χ4v) is 1.77. The van der Waals surface area contributed by atoms with Gasteiger partial charge in [-0.2, -0.15) is 0 Å². The normalized spacial score (nSPS) is 30.6. The Morgan fingerprint density at radius 2 is 2.29 bits per heavy atom. The van der Waals surface area contributed by atoms with Crippen LogP contribution in [-0.4, -0.2) is 55.6 Å². The highest BCUT2D eigenvalue weighted by Gasteiger charge is 2.20. The molecule has 0 saturated carbocycles. The second kappa shape index (κ2) is 5.95. The minimum Gasteiger partial charge on any atom is -0.370 e. The average Bonchev–Trinajstić information content (AvgIpc) is 2.14. The Morgan fingerprint density at radius 1 is 1.57 bits per heavy atom. The molecule has 3 atom stereocenters. The smallest absolute Gasteiger partial charge is 0.255 e. The molecular formula is C8H19N2O3P. The summed E-state index contributed by atoms with van der Waals surface area (Å²) in [5, 5.41) is 3.24. The van der Waals surface area contributed by atoms with Crippen molar-refractivity contribution in [3.05, 3.63) is 0 Å². The second-order valence-corrected chi connectivity index (χ2v) is 5.19. The van der Waals surface area contributed by atoms with Crippen molar-refractivity contribution in [3.63, 3.8) is 0 Å². The minimum absolute atomic E-state index is 0.0517. The van der Waals surface area contributed by atoms with Crippen LogP contribution in [0.4, 0.5) is 0 Å². The summed E-state index contributed by atoms with van der Waals surface area (Å²) in [7, 11) is 2.12. The number of ether oxygens (including phenoxy) is 1. The fourth-order valence-electron chi connectivity index (χ4n) is 1.24. The molecule has 0 aromatic heterocycles. The van der Waals surface area contributed by atoms with Gasteiger partial charge in [-0.1, -0.05) is 0 Å². The van der Waals surface area contributed by atoms with E-state index in [0.29, 0.717) is 6.61 Å². The standard InChI is InChI=1S/C8H19N2O3P/c1-7-4-9-5-8(13-7)6-12-14(11)10(2)3/h7-9,11H,4-6H2,1-3H3/t7-,8-,14?/m0/s1. The van der Waals surface area contributed by atoms with Gasteiger partial charge in [0.1, 0.15) is 0 Å².